The van der Waals surface area contributed by atoms with Gasteiger partial charge in [0.15, 0.2) is 0 Å². The second-order valence-electron chi connectivity index (χ2n) is 4.68. The molecule has 2 rings (SSSR count). The van der Waals surface area contributed by atoms with Crippen molar-refractivity contribution in [3.05, 3.63) is 29.3 Å². The molecule has 0 spiro atoms. The second-order valence-corrected chi connectivity index (χ2v) is 5.56. The Kier molecular flexibility index (Phi) is 4.14. The van der Waals surface area contributed by atoms with Gasteiger partial charge in [-0.2, -0.15) is 0 Å². The van der Waals surface area contributed by atoms with Crippen molar-refractivity contribution in [2.75, 3.05) is 12.8 Å². The first kappa shape index (κ1) is 13.9. The van der Waals surface area contributed by atoms with Crippen LogP contribution in [0, 0.1) is 6.92 Å². The number of carbonyl (C=O) groups is 2. The van der Waals surface area contributed by atoms with Crippen LogP contribution in [0.3, 0.4) is 0 Å². The van der Waals surface area contributed by atoms with E-state index < -0.39 is 12.0 Å². The first-order valence-corrected chi connectivity index (χ1v) is 7.45. The predicted octanol–water partition coefficient (Wildman–Crippen LogP) is 2.41. The lowest BCUT2D eigenvalue weighted by atomic mass is 10.1. The number of carboxylic acids is 1. The molecule has 0 radical (unpaired) electrons. The number of amides is 1. The molecule has 1 aliphatic heterocycles. The van der Waals surface area contributed by atoms with E-state index in [1.54, 1.807) is 11.8 Å². The molecule has 1 aromatic carbocycles. The summed E-state index contributed by atoms with van der Waals surface area (Å²) in [6.45, 7) is 2.40. The fraction of sp³-hybridized carbons (Fsp3) is 0.429. The van der Waals surface area contributed by atoms with Gasteiger partial charge in [-0.3, -0.25) is 4.79 Å². The summed E-state index contributed by atoms with van der Waals surface area (Å²) in [5, 5.41) is 9.15. The Labute approximate surface area is 116 Å². The Morgan fingerprint density at radius 1 is 1.42 bits per heavy atom. The molecule has 0 bridgehead atoms. The Morgan fingerprint density at radius 2 is 2.16 bits per heavy atom. The average Bonchev–Trinajstić information content (AvgIpc) is 2.88. The molecule has 1 fully saturated rings. The Hall–Kier alpha value is -1.49. The molecule has 1 atom stereocenters. The number of carbonyl (C=O) groups excluding carboxylic acids is 1. The van der Waals surface area contributed by atoms with E-state index in [0.29, 0.717) is 18.5 Å². The maximum atomic E-state index is 12.5. The zero-order valence-electron chi connectivity index (χ0n) is 11.0. The van der Waals surface area contributed by atoms with Crippen LogP contribution in [0.15, 0.2) is 23.1 Å². The van der Waals surface area contributed by atoms with Gasteiger partial charge in [0.05, 0.1) is 0 Å². The lowest BCUT2D eigenvalue weighted by Crippen LogP contribution is -2.40. The van der Waals surface area contributed by atoms with Crippen molar-refractivity contribution >= 4 is 23.6 Å². The quantitative estimate of drug-likeness (QED) is 0.863. The van der Waals surface area contributed by atoms with Crippen LogP contribution >= 0.6 is 11.8 Å². The number of hydrogen-bond acceptors (Lipinski definition) is 3. The number of nitrogens with zero attached hydrogens (tertiary/aromatic N) is 1. The van der Waals surface area contributed by atoms with Crippen molar-refractivity contribution in [1.82, 2.24) is 4.90 Å². The number of benzene rings is 1. The highest BCUT2D eigenvalue weighted by Gasteiger charge is 2.34. The number of hydrogen-bond donors (Lipinski definition) is 1. The van der Waals surface area contributed by atoms with E-state index in [4.69, 9.17) is 5.11 Å². The topological polar surface area (TPSA) is 57.6 Å². The van der Waals surface area contributed by atoms with E-state index in [9.17, 15) is 9.59 Å². The summed E-state index contributed by atoms with van der Waals surface area (Å²) in [5.74, 6) is -1.08. The Balaban J connectivity index is 2.31. The van der Waals surface area contributed by atoms with Gasteiger partial charge in [0, 0.05) is 17.0 Å². The smallest absolute Gasteiger partial charge is 0.326 e. The summed E-state index contributed by atoms with van der Waals surface area (Å²) >= 11 is 1.57. The molecule has 1 N–H and O–H groups in total. The van der Waals surface area contributed by atoms with Gasteiger partial charge in [-0.1, -0.05) is 6.07 Å². The third-order valence-electron chi connectivity index (χ3n) is 3.47. The molecule has 1 unspecified atom stereocenters. The SMILES string of the molecule is CSc1ccc(C)c(C(=O)N2CCCC2C(=O)O)c1. The molecule has 1 heterocycles. The highest BCUT2D eigenvalue weighted by Crippen LogP contribution is 2.24. The molecule has 0 saturated carbocycles. The number of thioether (sulfide) groups is 1. The summed E-state index contributed by atoms with van der Waals surface area (Å²) in [6.07, 6.45) is 3.25. The summed E-state index contributed by atoms with van der Waals surface area (Å²) in [5.41, 5.74) is 1.50. The van der Waals surface area contributed by atoms with E-state index in [1.807, 2.05) is 31.4 Å². The van der Waals surface area contributed by atoms with Crippen LogP contribution in [0.2, 0.25) is 0 Å². The maximum Gasteiger partial charge on any atom is 0.326 e. The van der Waals surface area contributed by atoms with Crippen molar-refractivity contribution in [2.45, 2.75) is 30.7 Å². The lowest BCUT2D eigenvalue weighted by Gasteiger charge is -2.22. The first-order chi connectivity index (χ1) is 9.04. The maximum absolute atomic E-state index is 12.5. The van der Waals surface area contributed by atoms with Gasteiger partial charge >= 0.3 is 5.97 Å². The number of aryl methyl sites for hydroxylation is 1. The third kappa shape index (κ3) is 2.76. The molecule has 1 aliphatic rings. The normalized spacial score (nSPS) is 18.6. The zero-order chi connectivity index (χ0) is 14.0. The van der Waals surface area contributed by atoms with E-state index in [1.165, 1.54) is 4.90 Å². The number of carboxylic acid groups (broad SMARTS) is 1. The second kappa shape index (κ2) is 5.65. The van der Waals surface area contributed by atoms with Crippen LogP contribution in [0.25, 0.3) is 0 Å². The summed E-state index contributed by atoms with van der Waals surface area (Å²) in [7, 11) is 0. The fourth-order valence-electron chi connectivity index (χ4n) is 2.38. The molecule has 5 heteroatoms. The van der Waals surface area contributed by atoms with Crippen LogP contribution in [0.5, 0.6) is 0 Å². The van der Waals surface area contributed by atoms with Crippen molar-refractivity contribution < 1.29 is 14.7 Å². The molecule has 102 valence electrons. The van der Waals surface area contributed by atoms with Crippen molar-refractivity contribution in [3.8, 4) is 0 Å². The van der Waals surface area contributed by atoms with Crippen molar-refractivity contribution in [1.29, 1.82) is 0 Å². The van der Waals surface area contributed by atoms with Gasteiger partial charge in [0.1, 0.15) is 6.04 Å². The number of likely N-dealkylation sites (tertiary alicyclic amines) is 1. The minimum atomic E-state index is -0.912. The van der Waals surface area contributed by atoms with E-state index in [-0.39, 0.29) is 5.91 Å². The van der Waals surface area contributed by atoms with Crippen LogP contribution < -0.4 is 0 Å². The van der Waals surface area contributed by atoms with E-state index in [2.05, 4.69) is 0 Å². The minimum Gasteiger partial charge on any atom is -0.480 e. The number of aliphatic carboxylic acids is 1. The van der Waals surface area contributed by atoms with Gasteiger partial charge in [0.25, 0.3) is 5.91 Å². The summed E-state index contributed by atoms with van der Waals surface area (Å²) in [6, 6.07) is 5.05. The highest BCUT2D eigenvalue weighted by atomic mass is 32.2. The van der Waals surface area contributed by atoms with Crippen LogP contribution in [-0.2, 0) is 4.79 Å². The highest BCUT2D eigenvalue weighted by molar-refractivity contribution is 7.98. The van der Waals surface area contributed by atoms with Gasteiger partial charge in [0.2, 0.25) is 0 Å². The average molecular weight is 279 g/mol. The molecular weight excluding hydrogens is 262 g/mol. The summed E-state index contributed by atoms with van der Waals surface area (Å²) in [4.78, 5) is 26.2. The largest absolute Gasteiger partial charge is 0.480 e. The van der Waals surface area contributed by atoms with Gasteiger partial charge in [-0.05, 0) is 43.7 Å². The van der Waals surface area contributed by atoms with Gasteiger partial charge in [-0.15, -0.1) is 11.8 Å². The Morgan fingerprint density at radius 3 is 2.79 bits per heavy atom. The third-order valence-corrected chi connectivity index (χ3v) is 4.20. The Bertz CT molecular complexity index is 515. The molecule has 0 aromatic heterocycles. The van der Waals surface area contributed by atoms with Crippen molar-refractivity contribution in [3.63, 3.8) is 0 Å². The molecular formula is C14H17NO3S. The van der Waals surface area contributed by atoms with Crippen LogP contribution in [-0.4, -0.2) is 40.7 Å². The van der Waals surface area contributed by atoms with Gasteiger partial charge in [-0.25, -0.2) is 4.79 Å². The first-order valence-electron chi connectivity index (χ1n) is 6.23. The lowest BCUT2D eigenvalue weighted by molar-refractivity contribution is -0.141. The van der Waals surface area contributed by atoms with Gasteiger partial charge < -0.3 is 10.0 Å². The molecule has 4 nitrogen and oxygen atoms in total. The van der Waals surface area contributed by atoms with E-state index in [0.717, 1.165) is 16.9 Å². The predicted molar refractivity (Wildman–Crippen MR) is 74.7 cm³/mol. The molecule has 0 aliphatic carbocycles. The zero-order valence-corrected chi connectivity index (χ0v) is 11.9. The molecule has 19 heavy (non-hydrogen) atoms. The standard InChI is InChI=1S/C14H17NO3S/c1-9-5-6-10(19-2)8-11(9)13(16)15-7-3-4-12(15)14(17)18/h5-6,8,12H,3-4,7H2,1-2H3,(H,17,18). The monoisotopic (exact) mass is 279 g/mol. The number of rotatable bonds is 3. The fourth-order valence-corrected chi connectivity index (χ4v) is 2.82. The molecule has 1 saturated heterocycles. The molecule has 1 amide bonds. The van der Waals surface area contributed by atoms with Crippen LogP contribution in [0.1, 0.15) is 28.8 Å². The van der Waals surface area contributed by atoms with Crippen LogP contribution in [0.4, 0.5) is 0 Å². The van der Waals surface area contributed by atoms with Crippen molar-refractivity contribution in [2.24, 2.45) is 0 Å². The summed E-state index contributed by atoms with van der Waals surface area (Å²) < 4.78 is 0. The molecule has 1 aromatic rings. The minimum absolute atomic E-state index is 0.168. The van der Waals surface area contributed by atoms with E-state index >= 15 is 0 Å².